The average molecular weight is 298 g/mol. The second-order valence-corrected chi connectivity index (χ2v) is 6.56. The normalized spacial score (nSPS) is 28.6. The molecule has 2 rings (SSSR count). The molecule has 0 bridgehead atoms. The Morgan fingerprint density at radius 2 is 1.71 bits per heavy atom. The molecule has 124 valence electrons. The van der Waals surface area contributed by atoms with E-state index in [1.165, 1.54) is 38.8 Å². The number of rotatable bonds is 8. The number of likely N-dealkylation sites (N-methyl/N-ethyl adjacent to an activating group) is 1. The van der Waals surface area contributed by atoms with Crippen LogP contribution >= 0.6 is 0 Å². The minimum atomic E-state index is -0.283. The summed E-state index contributed by atoms with van der Waals surface area (Å²) in [7, 11) is 2.10. The molecule has 1 heterocycles. The van der Waals surface area contributed by atoms with Crippen molar-refractivity contribution < 1.29 is 9.47 Å². The lowest BCUT2D eigenvalue weighted by atomic mass is 9.84. The first-order valence-electron chi connectivity index (χ1n) is 8.94. The molecule has 1 saturated heterocycles. The van der Waals surface area contributed by atoms with Crippen LogP contribution in [0.1, 0.15) is 58.8 Å². The Morgan fingerprint density at radius 3 is 2.24 bits per heavy atom. The Morgan fingerprint density at radius 1 is 1.10 bits per heavy atom. The van der Waals surface area contributed by atoms with Gasteiger partial charge in [-0.15, -0.1) is 0 Å². The zero-order valence-corrected chi connectivity index (χ0v) is 14.2. The molecule has 0 aromatic rings. The van der Waals surface area contributed by atoms with Gasteiger partial charge < -0.3 is 14.8 Å². The lowest BCUT2D eigenvalue weighted by Crippen LogP contribution is -2.57. The minimum absolute atomic E-state index is 0.283. The monoisotopic (exact) mass is 298 g/mol. The summed E-state index contributed by atoms with van der Waals surface area (Å²) in [6.07, 6.45) is 8.29. The zero-order valence-electron chi connectivity index (χ0n) is 14.2. The van der Waals surface area contributed by atoms with Gasteiger partial charge in [-0.25, -0.2) is 0 Å². The van der Waals surface area contributed by atoms with Gasteiger partial charge in [-0.1, -0.05) is 26.7 Å². The first-order chi connectivity index (χ1) is 10.2. The second kappa shape index (κ2) is 8.47. The Balaban J connectivity index is 2.04. The van der Waals surface area contributed by atoms with Crippen LogP contribution < -0.4 is 5.32 Å². The van der Waals surface area contributed by atoms with Crippen LogP contribution in [0, 0.1) is 0 Å². The van der Waals surface area contributed by atoms with Crippen molar-refractivity contribution >= 4 is 0 Å². The summed E-state index contributed by atoms with van der Waals surface area (Å²) >= 11 is 0. The molecule has 2 atom stereocenters. The fourth-order valence-electron chi connectivity index (χ4n) is 3.78. The topological polar surface area (TPSA) is 33.7 Å². The molecule has 1 saturated carbocycles. The van der Waals surface area contributed by atoms with Crippen molar-refractivity contribution in [1.82, 2.24) is 10.2 Å². The van der Waals surface area contributed by atoms with Gasteiger partial charge in [-0.3, -0.25) is 4.90 Å². The molecule has 1 aliphatic carbocycles. The molecule has 2 unspecified atom stereocenters. The van der Waals surface area contributed by atoms with Gasteiger partial charge in [0.05, 0.1) is 13.2 Å². The second-order valence-electron chi connectivity index (χ2n) is 6.56. The molecule has 0 aromatic heterocycles. The van der Waals surface area contributed by atoms with Gasteiger partial charge in [-0.05, 0) is 39.4 Å². The summed E-state index contributed by atoms with van der Waals surface area (Å²) < 4.78 is 12.0. The van der Waals surface area contributed by atoms with Crippen molar-refractivity contribution in [3.63, 3.8) is 0 Å². The third-order valence-electron chi connectivity index (χ3n) is 5.07. The minimum Gasteiger partial charge on any atom is -0.347 e. The lowest BCUT2D eigenvalue weighted by Gasteiger charge is -2.46. The van der Waals surface area contributed by atoms with Crippen molar-refractivity contribution in [1.29, 1.82) is 0 Å². The van der Waals surface area contributed by atoms with Gasteiger partial charge in [0.2, 0.25) is 0 Å². The van der Waals surface area contributed by atoms with Crippen LogP contribution in [0.3, 0.4) is 0 Å². The number of hydrogen-bond acceptors (Lipinski definition) is 4. The SMILES string of the molecule is CCCCN(CCCC)C1CC2(CCC1NC)OCCO2. The molecule has 1 spiro atoms. The Bertz CT molecular complexity index is 285. The van der Waals surface area contributed by atoms with Gasteiger partial charge >= 0.3 is 0 Å². The van der Waals surface area contributed by atoms with Crippen LogP contribution in [0.5, 0.6) is 0 Å². The third kappa shape index (κ3) is 4.41. The summed E-state index contributed by atoms with van der Waals surface area (Å²) in [5.41, 5.74) is 0. The summed E-state index contributed by atoms with van der Waals surface area (Å²) in [5, 5.41) is 3.54. The largest absolute Gasteiger partial charge is 0.347 e. The highest BCUT2D eigenvalue weighted by molar-refractivity contribution is 4.96. The first-order valence-corrected chi connectivity index (χ1v) is 8.94. The summed E-state index contributed by atoms with van der Waals surface area (Å²) in [5.74, 6) is -0.283. The van der Waals surface area contributed by atoms with E-state index in [4.69, 9.17) is 9.47 Å². The van der Waals surface area contributed by atoms with Gasteiger partial charge in [-0.2, -0.15) is 0 Å². The standard InChI is InChI=1S/C17H34N2O2/c1-4-6-10-19(11-7-5-2)16-14-17(20-12-13-21-17)9-8-15(16)18-3/h15-16,18H,4-14H2,1-3H3. The molecule has 0 radical (unpaired) electrons. The molecule has 2 fully saturated rings. The molecular formula is C17H34N2O2. The summed E-state index contributed by atoms with van der Waals surface area (Å²) in [6, 6.07) is 1.11. The van der Waals surface area contributed by atoms with E-state index < -0.39 is 0 Å². The predicted molar refractivity (Wildman–Crippen MR) is 86.5 cm³/mol. The fraction of sp³-hybridized carbons (Fsp3) is 1.00. The van der Waals surface area contributed by atoms with E-state index in [-0.39, 0.29) is 5.79 Å². The smallest absolute Gasteiger partial charge is 0.170 e. The highest BCUT2D eigenvalue weighted by Crippen LogP contribution is 2.38. The Kier molecular flexibility index (Phi) is 6.93. The van der Waals surface area contributed by atoms with E-state index in [9.17, 15) is 0 Å². The van der Waals surface area contributed by atoms with Crippen molar-refractivity contribution in [3.05, 3.63) is 0 Å². The number of nitrogens with one attached hydrogen (secondary N) is 1. The molecule has 2 aliphatic rings. The maximum absolute atomic E-state index is 5.99. The fourth-order valence-corrected chi connectivity index (χ4v) is 3.78. The van der Waals surface area contributed by atoms with Crippen LogP contribution in [0.25, 0.3) is 0 Å². The molecule has 1 aliphatic heterocycles. The zero-order chi connectivity index (χ0) is 15.1. The van der Waals surface area contributed by atoms with E-state index in [0.29, 0.717) is 12.1 Å². The third-order valence-corrected chi connectivity index (χ3v) is 5.07. The lowest BCUT2D eigenvalue weighted by molar-refractivity contribution is -0.193. The molecule has 4 heteroatoms. The first kappa shape index (κ1) is 17.2. The number of nitrogens with zero attached hydrogens (tertiary/aromatic N) is 1. The van der Waals surface area contributed by atoms with Crippen LogP contribution in [0.15, 0.2) is 0 Å². The van der Waals surface area contributed by atoms with Crippen LogP contribution in [-0.2, 0) is 9.47 Å². The van der Waals surface area contributed by atoms with Gasteiger partial charge in [0, 0.05) is 24.9 Å². The number of ether oxygens (including phenoxy) is 2. The van der Waals surface area contributed by atoms with Crippen LogP contribution in [-0.4, -0.2) is 56.1 Å². The molecule has 21 heavy (non-hydrogen) atoms. The van der Waals surface area contributed by atoms with Gasteiger partial charge in [0.1, 0.15) is 0 Å². The molecule has 1 N–H and O–H groups in total. The number of hydrogen-bond donors (Lipinski definition) is 1. The highest BCUT2D eigenvalue weighted by Gasteiger charge is 2.46. The van der Waals surface area contributed by atoms with Crippen LogP contribution in [0.2, 0.25) is 0 Å². The van der Waals surface area contributed by atoms with E-state index in [1.807, 2.05) is 0 Å². The van der Waals surface area contributed by atoms with E-state index in [1.54, 1.807) is 0 Å². The van der Waals surface area contributed by atoms with Crippen molar-refractivity contribution in [2.24, 2.45) is 0 Å². The predicted octanol–water partition coefficient (Wildman–Crippen LogP) is 2.77. The Hall–Kier alpha value is -0.160. The molecule has 0 amide bonds. The summed E-state index contributed by atoms with van der Waals surface area (Å²) in [4.78, 5) is 2.69. The van der Waals surface area contributed by atoms with Crippen LogP contribution in [0.4, 0.5) is 0 Å². The van der Waals surface area contributed by atoms with E-state index in [2.05, 4.69) is 31.1 Å². The highest BCUT2D eigenvalue weighted by atomic mass is 16.7. The average Bonchev–Trinajstić information content (AvgIpc) is 2.95. The van der Waals surface area contributed by atoms with E-state index >= 15 is 0 Å². The van der Waals surface area contributed by atoms with Crippen molar-refractivity contribution in [2.75, 3.05) is 33.4 Å². The summed E-state index contributed by atoms with van der Waals surface area (Å²) in [6.45, 7) is 8.49. The molecule has 0 aromatic carbocycles. The van der Waals surface area contributed by atoms with Gasteiger partial charge in [0.25, 0.3) is 0 Å². The number of unbranched alkanes of at least 4 members (excludes halogenated alkanes) is 2. The maximum Gasteiger partial charge on any atom is 0.170 e. The Labute approximate surface area is 130 Å². The van der Waals surface area contributed by atoms with E-state index in [0.717, 1.165) is 32.5 Å². The molecule has 4 nitrogen and oxygen atoms in total. The molecular weight excluding hydrogens is 264 g/mol. The van der Waals surface area contributed by atoms with Crippen molar-refractivity contribution in [3.8, 4) is 0 Å². The van der Waals surface area contributed by atoms with Gasteiger partial charge in [0.15, 0.2) is 5.79 Å². The van der Waals surface area contributed by atoms with Crippen molar-refractivity contribution in [2.45, 2.75) is 76.7 Å². The quantitative estimate of drug-likeness (QED) is 0.747. The maximum atomic E-state index is 5.99.